The molecule has 1 saturated heterocycles. The van der Waals surface area contributed by atoms with Gasteiger partial charge in [0.1, 0.15) is 16.6 Å². The molecule has 1 aliphatic heterocycles. The lowest BCUT2D eigenvalue weighted by atomic mass is 10.1. The Labute approximate surface area is 191 Å². The van der Waals surface area contributed by atoms with Gasteiger partial charge in [-0.05, 0) is 37.3 Å². The lowest BCUT2D eigenvalue weighted by Gasteiger charge is -2.35. The van der Waals surface area contributed by atoms with Crippen LogP contribution in [0, 0.1) is 16.2 Å². The molecule has 0 radical (unpaired) electrons. The Kier molecular flexibility index (Phi) is 6.97. The van der Waals surface area contributed by atoms with Gasteiger partial charge in [-0.2, -0.15) is 28.9 Å². The second kappa shape index (κ2) is 9.35. The first-order valence-corrected chi connectivity index (χ1v) is 12.3. The topological polar surface area (TPSA) is 131 Å². The van der Waals surface area contributed by atoms with E-state index in [1.54, 1.807) is 7.05 Å². The van der Waals surface area contributed by atoms with Crippen LogP contribution in [0.4, 0.5) is 16.2 Å². The normalized spacial score (nSPS) is 17.2. The quantitative estimate of drug-likeness (QED) is 0.629. The number of aromatic nitrogens is 2. The molecule has 1 unspecified atom stereocenters. The summed E-state index contributed by atoms with van der Waals surface area (Å²) in [4.78, 5) is 28.6. The maximum absolute atomic E-state index is 13.3. The van der Waals surface area contributed by atoms with E-state index in [4.69, 9.17) is 5.26 Å². The fourth-order valence-electron chi connectivity index (χ4n) is 3.72. The van der Waals surface area contributed by atoms with E-state index in [2.05, 4.69) is 10.4 Å². The zero-order chi connectivity index (χ0) is 23.6. The van der Waals surface area contributed by atoms with E-state index in [-0.39, 0.29) is 17.3 Å². The van der Waals surface area contributed by atoms with Crippen LogP contribution in [-0.4, -0.2) is 59.5 Å². The second-order valence-electron chi connectivity index (χ2n) is 8.05. The van der Waals surface area contributed by atoms with E-state index in [0.717, 1.165) is 17.3 Å². The number of aryl methyl sites for hydroxylation is 1. The van der Waals surface area contributed by atoms with Gasteiger partial charge in [0, 0.05) is 25.9 Å². The van der Waals surface area contributed by atoms with Gasteiger partial charge < -0.3 is 4.90 Å². The van der Waals surface area contributed by atoms with Crippen molar-refractivity contribution in [2.24, 2.45) is 7.05 Å². The van der Waals surface area contributed by atoms with E-state index < -0.39 is 26.4 Å². The molecule has 13 heteroatoms. The highest BCUT2D eigenvalue weighted by molar-refractivity contribution is 7.87. The third kappa shape index (κ3) is 4.82. The third-order valence-electron chi connectivity index (χ3n) is 5.14. The van der Waals surface area contributed by atoms with Crippen molar-refractivity contribution >= 4 is 39.0 Å². The van der Waals surface area contributed by atoms with Crippen LogP contribution in [0.3, 0.4) is 0 Å². The second-order valence-corrected chi connectivity index (χ2v) is 10.8. The molecular formula is C19H26N7O4S2+. The van der Waals surface area contributed by atoms with Crippen LogP contribution in [0.5, 0.6) is 0 Å². The SMILES string of the molecule is CC(C)c1sc(C#N)cc1NC(=O)[N+](=O)S(=O)(=O)N(c1cnn(C)c1)C1CCCN(C)C1. The number of hydrogen-bond donors (Lipinski definition) is 1. The number of piperidine rings is 1. The number of nitrogens with zero attached hydrogens (tertiary/aromatic N) is 6. The number of hydrogen-bond acceptors (Lipinski definition) is 8. The summed E-state index contributed by atoms with van der Waals surface area (Å²) in [7, 11) is -1.25. The molecule has 11 nitrogen and oxygen atoms in total. The number of nitriles is 1. The Bertz CT molecular complexity index is 1160. The minimum absolute atomic E-state index is 0.0289. The van der Waals surface area contributed by atoms with Crippen LogP contribution in [0.1, 0.15) is 42.4 Å². The summed E-state index contributed by atoms with van der Waals surface area (Å²) >= 11 is 1.18. The molecule has 32 heavy (non-hydrogen) atoms. The number of rotatable bonds is 6. The molecule has 0 aromatic carbocycles. The van der Waals surface area contributed by atoms with Gasteiger partial charge in [0.15, 0.2) is 4.17 Å². The number of likely N-dealkylation sites (tertiary alicyclic amines) is 1. The Hall–Kier alpha value is -2.82. The monoisotopic (exact) mass is 480 g/mol. The van der Waals surface area contributed by atoms with E-state index in [0.29, 0.717) is 22.7 Å². The number of likely N-dealkylation sites (N-methyl/N-ethyl adjacent to an activating group) is 1. The predicted octanol–water partition coefficient (Wildman–Crippen LogP) is 2.63. The first kappa shape index (κ1) is 23.8. The van der Waals surface area contributed by atoms with Crippen molar-refractivity contribution in [3.05, 3.63) is 33.1 Å². The molecule has 1 aliphatic rings. The van der Waals surface area contributed by atoms with Gasteiger partial charge in [0.25, 0.3) is 0 Å². The molecule has 0 aliphatic carbocycles. The number of thiophene rings is 1. The van der Waals surface area contributed by atoms with Crippen LogP contribution in [0.25, 0.3) is 0 Å². The number of nitroso groups, excluding NO2 is 1. The summed E-state index contributed by atoms with van der Waals surface area (Å²) in [5.41, 5.74) is 0.472. The first-order valence-electron chi connectivity index (χ1n) is 10.1. The minimum Gasteiger partial charge on any atom is -0.304 e. The largest absolute Gasteiger partial charge is 0.553 e. The van der Waals surface area contributed by atoms with Gasteiger partial charge in [-0.25, -0.2) is 4.31 Å². The number of urea groups is 1. The standard InChI is InChI=1S/C19H25N7O4S2/c1-13(2)18-17(8-16(9-20)31-18)22-19(27)26(28)32(29,30)25(15-10-21-24(4)12-15)14-6-5-7-23(3)11-14/h8,10,12-14H,5-7,11H2,1-4H3/p+1. The molecule has 1 fully saturated rings. The first-order chi connectivity index (χ1) is 15.0. The lowest BCUT2D eigenvalue weighted by Crippen LogP contribution is -2.52. The van der Waals surface area contributed by atoms with Gasteiger partial charge in [-0.3, -0.25) is 4.68 Å². The van der Waals surface area contributed by atoms with Crippen molar-refractivity contribution in [3.63, 3.8) is 0 Å². The van der Waals surface area contributed by atoms with Crippen molar-refractivity contribution in [2.75, 3.05) is 29.8 Å². The van der Waals surface area contributed by atoms with E-state index in [1.807, 2.05) is 31.9 Å². The summed E-state index contributed by atoms with van der Waals surface area (Å²) in [5, 5.41) is 15.6. The van der Waals surface area contributed by atoms with Gasteiger partial charge in [-0.15, -0.1) is 11.3 Å². The van der Waals surface area contributed by atoms with Gasteiger partial charge in [-0.1, -0.05) is 13.8 Å². The molecule has 2 amide bonds. The van der Waals surface area contributed by atoms with Gasteiger partial charge in [0.2, 0.25) is 0 Å². The summed E-state index contributed by atoms with van der Waals surface area (Å²) in [6.07, 6.45) is 4.14. The summed E-state index contributed by atoms with van der Waals surface area (Å²) in [6.45, 7) is 4.98. The van der Waals surface area contributed by atoms with E-state index in [1.165, 1.54) is 34.5 Å². The minimum atomic E-state index is -4.76. The fraction of sp³-hybridized carbons (Fsp3) is 0.526. The van der Waals surface area contributed by atoms with Gasteiger partial charge >= 0.3 is 16.2 Å². The fourth-order valence-corrected chi connectivity index (χ4v) is 5.96. The summed E-state index contributed by atoms with van der Waals surface area (Å²) in [6, 6.07) is 1.57. The molecule has 3 heterocycles. The molecule has 0 spiro atoms. The maximum Gasteiger partial charge on any atom is 0.553 e. The number of amides is 2. The highest BCUT2D eigenvalue weighted by Gasteiger charge is 2.45. The average molecular weight is 481 g/mol. The van der Waals surface area contributed by atoms with Crippen LogP contribution in [0.2, 0.25) is 0 Å². The maximum atomic E-state index is 13.3. The van der Waals surface area contributed by atoms with E-state index in [9.17, 15) is 18.1 Å². The zero-order valence-corrected chi connectivity index (χ0v) is 20.0. The van der Waals surface area contributed by atoms with E-state index >= 15 is 0 Å². The molecule has 2 aromatic heterocycles. The predicted molar refractivity (Wildman–Crippen MR) is 121 cm³/mol. The molecule has 2 aromatic rings. The highest BCUT2D eigenvalue weighted by Crippen LogP contribution is 2.33. The Morgan fingerprint density at radius 2 is 2.16 bits per heavy atom. The lowest BCUT2D eigenvalue weighted by molar-refractivity contribution is -0.274. The highest BCUT2D eigenvalue weighted by atomic mass is 32.2. The van der Waals surface area contributed by atoms with Crippen molar-refractivity contribution in [3.8, 4) is 6.07 Å². The Balaban J connectivity index is 1.92. The molecule has 1 atom stereocenters. The van der Waals surface area contributed by atoms with Crippen LogP contribution in [-0.2, 0) is 17.3 Å². The molecular weight excluding hydrogens is 454 g/mol. The molecule has 1 N–H and O–H groups in total. The smallest absolute Gasteiger partial charge is 0.304 e. The summed E-state index contributed by atoms with van der Waals surface area (Å²) in [5.74, 6) is -0.0289. The summed E-state index contributed by atoms with van der Waals surface area (Å²) < 4.78 is 28.6. The molecule has 0 bridgehead atoms. The number of nitrogens with one attached hydrogen (secondary N) is 1. The zero-order valence-electron chi connectivity index (χ0n) is 18.3. The van der Waals surface area contributed by atoms with Crippen LogP contribution in [0.15, 0.2) is 18.5 Å². The number of carbonyl (C=O) groups excluding carboxylic acids is 1. The third-order valence-corrected chi connectivity index (χ3v) is 8.07. The van der Waals surface area contributed by atoms with Gasteiger partial charge in [0.05, 0.1) is 22.8 Å². The molecule has 172 valence electrons. The van der Waals surface area contributed by atoms with Crippen LogP contribution < -0.4 is 9.62 Å². The Morgan fingerprint density at radius 3 is 2.72 bits per heavy atom. The van der Waals surface area contributed by atoms with Crippen molar-refractivity contribution in [2.45, 2.75) is 38.6 Å². The van der Waals surface area contributed by atoms with Crippen molar-refractivity contribution in [1.29, 1.82) is 5.26 Å². The Morgan fingerprint density at radius 1 is 1.44 bits per heavy atom. The van der Waals surface area contributed by atoms with Crippen molar-refractivity contribution in [1.82, 2.24) is 14.7 Å². The average Bonchev–Trinajstić information content (AvgIpc) is 3.33. The number of anilines is 2. The van der Waals surface area contributed by atoms with Crippen LogP contribution >= 0.6 is 11.3 Å². The molecule has 3 rings (SSSR count). The van der Waals surface area contributed by atoms with Crippen molar-refractivity contribution < 1.29 is 17.4 Å². The molecule has 0 saturated carbocycles. The number of carbonyl (C=O) groups is 1.